The lowest BCUT2D eigenvalue weighted by atomic mass is 10.0. The van der Waals surface area contributed by atoms with Crippen LogP contribution in [0.1, 0.15) is 42.0 Å². The van der Waals surface area contributed by atoms with Crippen LogP contribution in [0.15, 0.2) is 42.5 Å². The van der Waals surface area contributed by atoms with Crippen LogP contribution in [0, 0.1) is 6.92 Å². The average Bonchev–Trinajstić information content (AvgIpc) is 3.41. The lowest BCUT2D eigenvalue weighted by Gasteiger charge is -2.20. The normalized spacial score (nSPS) is 15.1. The van der Waals surface area contributed by atoms with Crippen LogP contribution >= 0.6 is 12.4 Å². The van der Waals surface area contributed by atoms with Crippen LogP contribution in [0.5, 0.6) is 11.5 Å². The number of carbonyl (C=O) groups is 1. The monoisotopic (exact) mass is 404 g/mol. The second kappa shape index (κ2) is 9.30. The van der Waals surface area contributed by atoms with E-state index in [0.29, 0.717) is 11.5 Å². The fourth-order valence-electron chi connectivity index (χ4n) is 3.34. The number of hydrogen-bond donors (Lipinski definition) is 2. The number of hydrogen-bond acceptors (Lipinski definition) is 4. The van der Waals surface area contributed by atoms with E-state index in [2.05, 4.69) is 36.5 Å². The summed E-state index contributed by atoms with van der Waals surface area (Å²) in [5.74, 6) is 1.25. The van der Waals surface area contributed by atoms with Crippen LogP contribution in [-0.2, 0) is 11.2 Å². The number of benzene rings is 2. The topological polar surface area (TPSA) is 73.6 Å². The molecular weight excluding hydrogens is 376 g/mol. The molecule has 0 aromatic heterocycles. The number of ether oxygens (including phenoxy) is 2. The number of nitrogens with two attached hydrogens (primary N) is 1. The van der Waals surface area contributed by atoms with Crippen LogP contribution in [0.25, 0.3) is 0 Å². The van der Waals surface area contributed by atoms with E-state index >= 15 is 0 Å². The number of carbonyl (C=O) groups excluding carboxylic acids is 1. The van der Waals surface area contributed by atoms with Crippen molar-refractivity contribution in [2.45, 2.75) is 44.2 Å². The number of aryl methyl sites for hydroxylation is 1. The minimum atomic E-state index is -0.389. The van der Waals surface area contributed by atoms with Crippen molar-refractivity contribution < 1.29 is 14.3 Å². The first-order valence-corrected chi connectivity index (χ1v) is 9.29. The molecule has 0 aliphatic heterocycles. The maximum Gasteiger partial charge on any atom is 0.222 e. The number of halogens is 1. The summed E-state index contributed by atoms with van der Waals surface area (Å²) in [5, 5.41) is 3.21. The van der Waals surface area contributed by atoms with E-state index in [0.717, 1.165) is 24.8 Å². The molecule has 1 amide bonds. The van der Waals surface area contributed by atoms with E-state index in [9.17, 15) is 4.79 Å². The number of amides is 1. The predicted molar refractivity (Wildman–Crippen MR) is 113 cm³/mol. The Kier molecular flexibility index (Phi) is 7.33. The molecule has 1 unspecified atom stereocenters. The van der Waals surface area contributed by atoms with Gasteiger partial charge in [-0.15, -0.1) is 12.4 Å². The summed E-state index contributed by atoms with van der Waals surface area (Å²) in [6.07, 6.45) is 3.13. The zero-order valence-electron chi connectivity index (χ0n) is 16.7. The van der Waals surface area contributed by atoms with Crippen molar-refractivity contribution in [2.75, 3.05) is 14.2 Å². The third-order valence-corrected chi connectivity index (χ3v) is 5.16. The van der Waals surface area contributed by atoms with Gasteiger partial charge >= 0.3 is 0 Å². The molecule has 1 aliphatic carbocycles. The molecule has 0 spiro atoms. The minimum absolute atomic E-state index is 0. The molecule has 1 aliphatic rings. The number of rotatable bonds is 8. The van der Waals surface area contributed by atoms with Crippen molar-refractivity contribution in [1.82, 2.24) is 5.32 Å². The highest BCUT2D eigenvalue weighted by molar-refractivity contribution is 5.85. The Morgan fingerprint density at radius 3 is 2.32 bits per heavy atom. The minimum Gasteiger partial charge on any atom is -0.493 e. The van der Waals surface area contributed by atoms with Gasteiger partial charge in [0, 0.05) is 18.0 Å². The van der Waals surface area contributed by atoms with E-state index < -0.39 is 0 Å². The molecule has 1 saturated carbocycles. The van der Waals surface area contributed by atoms with E-state index in [1.165, 1.54) is 11.1 Å². The molecule has 2 aromatic rings. The lowest BCUT2D eigenvalue weighted by molar-refractivity contribution is -0.122. The van der Waals surface area contributed by atoms with Crippen LogP contribution in [0.4, 0.5) is 0 Å². The molecule has 2 aromatic carbocycles. The Hall–Kier alpha value is -2.24. The van der Waals surface area contributed by atoms with Gasteiger partial charge in [0.1, 0.15) is 0 Å². The Labute approximate surface area is 173 Å². The van der Waals surface area contributed by atoms with Gasteiger partial charge < -0.3 is 20.5 Å². The zero-order chi connectivity index (χ0) is 19.4. The van der Waals surface area contributed by atoms with Crippen molar-refractivity contribution >= 4 is 18.3 Å². The summed E-state index contributed by atoms with van der Waals surface area (Å²) in [6, 6.07) is 13.6. The zero-order valence-corrected chi connectivity index (χ0v) is 17.5. The quantitative estimate of drug-likeness (QED) is 0.703. The summed E-state index contributed by atoms with van der Waals surface area (Å²) in [4.78, 5) is 12.6. The highest BCUT2D eigenvalue weighted by Gasteiger charge is 2.43. The van der Waals surface area contributed by atoms with Crippen LogP contribution in [-0.4, -0.2) is 25.7 Å². The third kappa shape index (κ3) is 5.40. The molecule has 0 saturated heterocycles. The van der Waals surface area contributed by atoms with Crippen molar-refractivity contribution in [3.8, 4) is 11.5 Å². The van der Waals surface area contributed by atoms with Gasteiger partial charge in [-0.3, -0.25) is 4.79 Å². The van der Waals surface area contributed by atoms with Crippen molar-refractivity contribution in [3.63, 3.8) is 0 Å². The molecular formula is C22H29ClN2O3. The molecule has 3 rings (SSSR count). The number of methoxy groups -OCH3 is 2. The first-order valence-electron chi connectivity index (χ1n) is 9.29. The molecule has 28 heavy (non-hydrogen) atoms. The van der Waals surface area contributed by atoms with Gasteiger partial charge in [-0.25, -0.2) is 0 Å². The van der Waals surface area contributed by atoms with Gasteiger partial charge in [-0.05, 0) is 49.4 Å². The van der Waals surface area contributed by atoms with Crippen molar-refractivity contribution in [1.29, 1.82) is 0 Å². The highest BCUT2D eigenvalue weighted by atomic mass is 35.5. The van der Waals surface area contributed by atoms with Crippen LogP contribution < -0.4 is 20.5 Å². The standard InChI is InChI=1S/C22H28N2O3.ClH/c1-15-4-6-16(7-5-15)14-22(10-11-22)24-21(25)13-18(23)17-8-9-19(26-2)20(12-17)27-3;/h4-9,12,18H,10-11,13-14,23H2,1-3H3,(H,24,25);1H. The molecule has 3 N–H and O–H groups in total. The number of nitrogens with one attached hydrogen (secondary N) is 1. The van der Waals surface area contributed by atoms with E-state index in [4.69, 9.17) is 15.2 Å². The second-order valence-corrected chi connectivity index (χ2v) is 7.42. The van der Waals surface area contributed by atoms with Crippen molar-refractivity contribution in [2.24, 2.45) is 5.73 Å². The van der Waals surface area contributed by atoms with Gasteiger partial charge in [0.25, 0.3) is 0 Å². The Balaban J connectivity index is 0.00000280. The highest BCUT2D eigenvalue weighted by Crippen LogP contribution is 2.39. The molecule has 152 valence electrons. The fourth-order valence-corrected chi connectivity index (χ4v) is 3.34. The molecule has 6 heteroatoms. The maximum absolute atomic E-state index is 12.6. The lowest BCUT2D eigenvalue weighted by Crippen LogP contribution is -2.39. The Morgan fingerprint density at radius 1 is 1.11 bits per heavy atom. The third-order valence-electron chi connectivity index (χ3n) is 5.16. The predicted octanol–water partition coefficient (Wildman–Crippen LogP) is 3.72. The maximum atomic E-state index is 12.6. The fraction of sp³-hybridized carbons (Fsp3) is 0.409. The molecule has 0 heterocycles. The first kappa shape index (κ1) is 22.1. The van der Waals surface area contributed by atoms with Gasteiger partial charge in [0.05, 0.1) is 14.2 Å². The summed E-state index contributed by atoms with van der Waals surface area (Å²) >= 11 is 0. The molecule has 0 radical (unpaired) electrons. The first-order chi connectivity index (χ1) is 12.9. The summed E-state index contributed by atoms with van der Waals surface area (Å²) in [5.41, 5.74) is 9.50. The average molecular weight is 405 g/mol. The van der Waals surface area contributed by atoms with E-state index in [-0.39, 0.29) is 36.3 Å². The molecule has 1 atom stereocenters. The molecule has 5 nitrogen and oxygen atoms in total. The van der Waals surface area contributed by atoms with Gasteiger partial charge in [-0.2, -0.15) is 0 Å². The molecule has 0 bridgehead atoms. The second-order valence-electron chi connectivity index (χ2n) is 7.42. The van der Waals surface area contributed by atoms with E-state index in [1.807, 2.05) is 18.2 Å². The van der Waals surface area contributed by atoms with Crippen LogP contribution in [0.2, 0.25) is 0 Å². The van der Waals surface area contributed by atoms with Crippen molar-refractivity contribution in [3.05, 3.63) is 59.2 Å². The van der Waals surface area contributed by atoms with Gasteiger partial charge in [0.15, 0.2) is 11.5 Å². The molecule has 1 fully saturated rings. The van der Waals surface area contributed by atoms with Gasteiger partial charge in [-0.1, -0.05) is 35.9 Å². The summed E-state index contributed by atoms with van der Waals surface area (Å²) in [7, 11) is 3.18. The Bertz CT molecular complexity index is 804. The Morgan fingerprint density at radius 2 is 1.75 bits per heavy atom. The SMILES string of the molecule is COc1ccc(C(N)CC(=O)NC2(Cc3ccc(C)cc3)CC2)cc1OC.Cl. The van der Waals surface area contributed by atoms with Gasteiger partial charge in [0.2, 0.25) is 5.91 Å². The summed E-state index contributed by atoms with van der Waals surface area (Å²) < 4.78 is 10.6. The van der Waals surface area contributed by atoms with E-state index in [1.54, 1.807) is 14.2 Å². The smallest absolute Gasteiger partial charge is 0.222 e. The van der Waals surface area contributed by atoms with Crippen LogP contribution in [0.3, 0.4) is 0 Å². The summed E-state index contributed by atoms with van der Waals surface area (Å²) in [6.45, 7) is 2.08. The largest absolute Gasteiger partial charge is 0.493 e.